The number of hydrogen-bond donors (Lipinski definition) is 2. The molecule has 0 bridgehead atoms. The Labute approximate surface area is 629 Å². The van der Waals surface area contributed by atoms with Gasteiger partial charge in [0.1, 0.15) is 17.1 Å². The molecule has 4 saturated heterocycles. The molecule has 105 heavy (non-hydrogen) atoms. The molecule has 0 aliphatic carbocycles. The summed E-state index contributed by atoms with van der Waals surface area (Å²) in [6.07, 6.45) is 4.59. The van der Waals surface area contributed by atoms with Crippen molar-refractivity contribution in [1.82, 2.24) is 43.9 Å². The lowest BCUT2D eigenvalue weighted by Gasteiger charge is -2.38. The molecule has 15 rings (SSSR count). The SMILES string of the molecule is C=C(C1CCN(C(=O)c2cc3ccccc3n2Cc2ccc(Cl)cc2)CC1)N1CCOCC1.Cc1cccc(CNC(=O)C2CCN(C(=O)c3cc4ccccc4n3Cc3ccc(Cl)cc3)CC2)c1.Cc1cccc(CNC(=O)C2CCN(C(=O)c3cc4ccccc4n3Cc3ccc(Cl)cc3)CC2)c1. The van der Waals surface area contributed by atoms with Gasteiger partial charge in [-0.25, -0.2) is 0 Å². The van der Waals surface area contributed by atoms with E-state index in [1.165, 1.54) is 16.8 Å². The molecular weight excluding hydrogens is 1370 g/mol. The van der Waals surface area contributed by atoms with Crippen LogP contribution in [0.5, 0.6) is 0 Å². The number of allylic oxidation sites excluding steroid dienone is 1. The summed E-state index contributed by atoms with van der Waals surface area (Å²) in [6, 6.07) is 70.0. The lowest BCUT2D eigenvalue weighted by molar-refractivity contribution is -0.127. The fourth-order valence-corrected chi connectivity index (χ4v) is 15.4. The molecule has 0 spiro atoms. The number of aryl methyl sites for hydroxylation is 2. The molecule has 11 aromatic rings. The Bertz CT molecular complexity index is 4670. The van der Waals surface area contributed by atoms with Crippen LogP contribution in [0.4, 0.5) is 0 Å². The van der Waals surface area contributed by atoms with Gasteiger partial charge >= 0.3 is 0 Å². The second-order valence-electron chi connectivity index (χ2n) is 28.1. The third-order valence-electron chi connectivity index (χ3n) is 20.9. The number of piperidine rings is 3. The van der Waals surface area contributed by atoms with Gasteiger partial charge in [0.2, 0.25) is 11.8 Å². The van der Waals surface area contributed by atoms with Crippen molar-refractivity contribution in [2.75, 3.05) is 65.6 Å². The molecule has 8 aromatic carbocycles. The molecule has 2 N–H and O–H groups in total. The second-order valence-corrected chi connectivity index (χ2v) is 29.4. The zero-order valence-corrected chi connectivity index (χ0v) is 62.0. The van der Waals surface area contributed by atoms with Crippen molar-refractivity contribution in [1.29, 1.82) is 0 Å². The van der Waals surface area contributed by atoms with Gasteiger partial charge in [0, 0.05) is 156 Å². The standard InChI is InChI=1S/2C30H30ClN3O2.C27H30ClN3O2/c2*1-21-5-4-6-23(17-21)19-32-29(35)24-13-15-33(16-14-24)30(36)28-18-25-7-2-3-8-27(25)34(28)20-22-9-11-26(31)12-10-22;1-20(29-14-16-33-17-15-29)22-10-12-30(13-11-22)27(32)26-18-23-4-2-3-5-25(23)31(26)19-21-6-8-24(28)9-7-21/h2*2-12,17-18,24H,13-16,19-20H2,1H3,(H,32,35);2-9,18,22H,1,10-17,19H2. The lowest BCUT2D eigenvalue weighted by atomic mass is 9.93. The van der Waals surface area contributed by atoms with Crippen molar-refractivity contribution < 1.29 is 28.7 Å². The fourth-order valence-electron chi connectivity index (χ4n) is 15.0. The Morgan fingerprint density at radius 1 is 0.371 bits per heavy atom. The first kappa shape index (κ1) is 73.4. The topological polar surface area (TPSA) is 146 Å². The third kappa shape index (κ3) is 18.3. The van der Waals surface area contributed by atoms with Crippen LogP contribution in [0.15, 0.2) is 225 Å². The van der Waals surface area contributed by atoms with E-state index in [1.807, 2.05) is 217 Å². The minimum absolute atomic E-state index is 0.0128. The molecule has 15 nitrogen and oxygen atoms in total. The number of nitrogens with zero attached hydrogens (tertiary/aromatic N) is 7. The molecule has 0 radical (unpaired) electrons. The maximum absolute atomic E-state index is 13.6. The summed E-state index contributed by atoms with van der Waals surface area (Å²) >= 11 is 18.2. The number of benzene rings is 8. The minimum Gasteiger partial charge on any atom is -0.378 e. The Morgan fingerprint density at radius 2 is 0.686 bits per heavy atom. The molecular formula is C87H90Cl3N9O6. The van der Waals surface area contributed by atoms with E-state index in [9.17, 15) is 24.0 Å². The second kappa shape index (κ2) is 34.3. The van der Waals surface area contributed by atoms with E-state index >= 15 is 0 Å². The minimum atomic E-state index is -0.0706. The third-order valence-corrected chi connectivity index (χ3v) is 21.7. The molecule has 4 aliphatic rings. The number of nitrogens with one attached hydrogen (secondary N) is 2. The maximum atomic E-state index is 13.6. The number of carbonyl (C=O) groups excluding carboxylic acids is 5. The van der Waals surface area contributed by atoms with Crippen LogP contribution in [0.25, 0.3) is 32.7 Å². The van der Waals surface area contributed by atoms with Gasteiger partial charge in [-0.2, -0.15) is 0 Å². The van der Waals surface area contributed by atoms with Crippen LogP contribution in [-0.2, 0) is 47.0 Å². The zero-order valence-electron chi connectivity index (χ0n) is 59.7. The summed E-state index contributed by atoms with van der Waals surface area (Å²) in [4.78, 5) is 74.6. The summed E-state index contributed by atoms with van der Waals surface area (Å²) in [5.41, 5.74) is 14.3. The monoisotopic (exact) mass is 1460 g/mol. The van der Waals surface area contributed by atoms with Gasteiger partial charge in [0.15, 0.2) is 0 Å². The molecule has 0 unspecified atom stereocenters. The predicted octanol–water partition coefficient (Wildman–Crippen LogP) is 16.7. The Balaban J connectivity index is 0.000000140. The van der Waals surface area contributed by atoms with Gasteiger partial charge in [-0.15, -0.1) is 0 Å². The van der Waals surface area contributed by atoms with Gasteiger partial charge in [0.25, 0.3) is 17.7 Å². The number of likely N-dealkylation sites (tertiary alicyclic amines) is 3. The molecule has 4 fully saturated rings. The summed E-state index contributed by atoms with van der Waals surface area (Å²) in [7, 11) is 0. The van der Waals surface area contributed by atoms with Crippen LogP contribution in [-0.4, -0.2) is 128 Å². The van der Waals surface area contributed by atoms with Crippen LogP contribution >= 0.6 is 34.8 Å². The highest BCUT2D eigenvalue weighted by molar-refractivity contribution is 6.31. The first-order chi connectivity index (χ1) is 51.0. The zero-order chi connectivity index (χ0) is 72.9. The highest BCUT2D eigenvalue weighted by Crippen LogP contribution is 2.32. The highest BCUT2D eigenvalue weighted by atomic mass is 35.5. The van der Waals surface area contributed by atoms with Crippen molar-refractivity contribution in [3.05, 3.63) is 296 Å². The number of rotatable bonds is 17. The summed E-state index contributed by atoms with van der Waals surface area (Å²) in [5.74, 6) is 0.568. The van der Waals surface area contributed by atoms with Crippen molar-refractivity contribution >= 4 is 97.0 Å². The van der Waals surface area contributed by atoms with Crippen molar-refractivity contribution in [3.8, 4) is 0 Å². The van der Waals surface area contributed by atoms with Crippen LogP contribution < -0.4 is 10.6 Å². The van der Waals surface area contributed by atoms with Gasteiger partial charge in [0.05, 0.1) is 13.2 Å². The number of fused-ring (bicyclic) bond motifs is 3. The lowest BCUT2D eigenvalue weighted by Crippen LogP contribution is -2.43. The van der Waals surface area contributed by atoms with Gasteiger partial charge in [-0.3, -0.25) is 24.0 Å². The molecule has 4 aliphatic heterocycles. The maximum Gasteiger partial charge on any atom is 0.270 e. The number of para-hydroxylation sites is 3. The quantitative estimate of drug-likeness (QED) is 0.0923. The average Bonchev–Trinajstić information content (AvgIpc) is 1.65. The van der Waals surface area contributed by atoms with Crippen LogP contribution in [0.2, 0.25) is 15.1 Å². The van der Waals surface area contributed by atoms with Gasteiger partial charge in [-0.05, 0) is 153 Å². The molecule has 540 valence electrons. The Morgan fingerprint density at radius 3 is 1.01 bits per heavy atom. The van der Waals surface area contributed by atoms with Gasteiger partial charge in [-0.1, -0.05) is 192 Å². The van der Waals surface area contributed by atoms with E-state index in [1.54, 1.807) is 0 Å². The number of carbonyl (C=O) groups is 5. The van der Waals surface area contributed by atoms with Crippen LogP contribution in [0.1, 0.15) is 109 Å². The predicted molar refractivity (Wildman–Crippen MR) is 421 cm³/mol. The van der Waals surface area contributed by atoms with E-state index in [0.717, 1.165) is 118 Å². The summed E-state index contributed by atoms with van der Waals surface area (Å²) < 4.78 is 11.8. The van der Waals surface area contributed by atoms with E-state index in [-0.39, 0.29) is 41.4 Å². The summed E-state index contributed by atoms with van der Waals surface area (Å²) in [6.45, 7) is 18.5. The first-order valence-electron chi connectivity index (χ1n) is 36.6. The van der Waals surface area contributed by atoms with Crippen LogP contribution in [0, 0.1) is 31.6 Å². The highest BCUT2D eigenvalue weighted by Gasteiger charge is 2.33. The number of halogens is 3. The molecule has 7 heterocycles. The smallest absolute Gasteiger partial charge is 0.270 e. The van der Waals surface area contributed by atoms with E-state index in [2.05, 4.69) is 60.1 Å². The fraction of sp³-hybridized carbons (Fsp3) is 0.299. The number of hydrogen-bond acceptors (Lipinski definition) is 7. The number of aromatic nitrogens is 3. The number of amides is 5. The van der Waals surface area contributed by atoms with Gasteiger partial charge < -0.3 is 48.7 Å². The van der Waals surface area contributed by atoms with Crippen molar-refractivity contribution in [2.24, 2.45) is 17.8 Å². The van der Waals surface area contributed by atoms with E-state index in [0.29, 0.717) is 117 Å². The largest absolute Gasteiger partial charge is 0.378 e. The number of ether oxygens (including phenoxy) is 1. The van der Waals surface area contributed by atoms with E-state index in [4.69, 9.17) is 39.5 Å². The Kier molecular flexibility index (Phi) is 24.0. The molecule has 5 amide bonds. The van der Waals surface area contributed by atoms with Crippen molar-refractivity contribution in [3.63, 3.8) is 0 Å². The summed E-state index contributed by atoms with van der Waals surface area (Å²) in [5, 5.41) is 11.4. The molecule has 18 heteroatoms. The van der Waals surface area contributed by atoms with Crippen LogP contribution in [0.3, 0.4) is 0 Å². The normalized spacial score (nSPS) is 15.2. The Hall–Kier alpha value is -9.90. The molecule has 3 aromatic heterocycles. The van der Waals surface area contributed by atoms with Crippen molar-refractivity contribution in [2.45, 2.75) is 85.1 Å². The van der Waals surface area contributed by atoms with E-state index < -0.39 is 0 Å². The molecule has 0 atom stereocenters. The average molecular weight is 1460 g/mol. The number of morpholine rings is 1. The molecule has 0 saturated carbocycles. The first-order valence-corrected chi connectivity index (χ1v) is 37.7.